The van der Waals surface area contributed by atoms with Crippen LogP contribution in [-0.2, 0) is 17.9 Å². The first-order valence-corrected chi connectivity index (χ1v) is 16.9. The molecule has 2 N–H and O–H groups in total. The Balaban J connectivity index is 0.000000248. The van der Waals surface area contributed by atoms with E-state index in [1.165, 1.54) is 30.3 Å². The molecule has 0 atom stereocenters. The number of aromatic nitrogens is 4. The Bertz CT molecular complexity index is 2300. The molecule has 0 bridgehead atoms. The number of ether oxygens (including phenoxy) is 2. The molecule has 12 nitrogen and oxygen atoms in total. The molecule has 6 aromatic rings. The third kappa shape index (κ3) is 12.8. The highest BCUT2D eigenvalue weighted by molar-refractivity contribution is 5.68. The van der Waals surface area contributed by atoms with Crippen LogP contribution < -0.4 is 15.2 Å². The highest BCUT2D eigenvalue weighted by Gasteiger charge is 2.14. The Morgan fingerprint density at radius 1 is 0.768 bits per heavy atom. The summed E-state index contributed by atoms with van der Waals surface area (Å²) >= 11 is 0. The lowest BCUT2D eigenvalue weighted by Gasteiger charge is -2.11. The zero-order valence-electron chi connectivity index (χ0n) is 32.4. The summed E-state index contributed by atoms with van der Waals surface area (Å²) < 4.78 is 56.5. The van der Waals surface area contributed by atoms with Crippen molar-refractivity contribution < 1.29 is 28.9 Å². The zero-order valence-corrected chi connectivity index (χ0v) is 31.4. The van der Waals surface area contributed by atoms with Crippen LogP contribution in [0.5, 0.6) is 23.3 Å². The number of alkyl halides is 1. The minimum absolute atomic E-state index is 0.206. The van der Waals surface area contributed by atoms with Crippen LogP contribution in [0.25, 0.3) is 32.2 Å². The number of hydrogen-bond acceptors (Lipinski definition) is 8. The average Bonchev–Trinajstić information content (AvgIpc) is 3.81. The van der Waals surface area contributed by atoms with Crippen molar-refractivity contribution >= 4 is 17.1 Å². The quantitative estimate of drug-likeness (QED) is 0.0671. The summed E-state index contributed by atoms with van der Waals surface area (Å²) in [5, 5.41) is 11.0. The van der Waals surface area contributed by atoms with Crippen molar-refractivity contribution in [3.63, 3.8) is 0 Å². The summed E-state index contributed by atoms with van der Waals surface area (Å²) in [7, 11) is -1.00. The van der Waals surface area contributed by atoms with Crippen molar-refractivity contribution in [1.82, 2.24) is 19.6 Å². The SMILES string of the molecule is CC(C)(C)ON=O.[2H]CF.[C-]#[N+]c1cccc(-c2cc(Oc3ccc(F)cc3)nn2CC)c1.[C-]#[N+]c1cccc(-c2cc(Oc3ccc(F)cc3N)nn2CC)c1. The lowest BCUT2D eigenvalue weighted by molar-refractivity contribution is -0.00230. The molecular formula is C41H41F3N8O4. The fraction of sp³-hybridized carbons (Fsp3) is 0.220. The number of benzene rings is 4. The van der Waals surface area contributed by atoms with Crippen molar-refractivity contribution in [2.24, 2.45) is 5.34 Å². The zero-order chi connectivity index (χ0) is 42.0. The van der Waals surface area contributed by atoms with Gasteiger partial charge >= 0.3 is 0 Å². The number of nitrogens with two attached hydrogens (primary N) is 1. The molecule has 0 aliphatic rings. The van der Waals surface area contributed by atoms with Gasteiger partial charge < -0.3 is 20.0 Å². The van der Waals surface area contributed by atoms with Crippen LogP contribution >= 0.6 is 0 Å². The smallest absolute Gasteiger partial charge is 0.238 e. The minimum atomic E-state index is -1.00. The van der Waals surface area contributed by atoms with Gasteiger partial charge in [-0.15, -0.1) is 15.1 Å². The normalized spacial score (nSPS) is 10.4. The molecule has 0 aliphatic heterocycles. The van der Waals surface area contributed by atoms with Crippen molar-refractivity contribution in [2.45, 2.75) is 53.3 Å². The highest BCUT2D eigenvalue weighted by Crippen LogP contribution is 2.32. The van der Waals surface area contributed by atoms with Gasteiger partial charge in [0.25, 0.3) is 0 Å². The molecule has 15 heteroatoms. The molecule has 0 amide bonds. The van der Waals surface area contributed by atoms with Gasteiger partial charge in [-0.3, -0.25) is 13.8 Å². The highest BCUT2D eigenvalue weighted by atomic mass is 19.1. The van der Waals surface area contributed by atoms with Gasteiger partial charge in [0.1, 0.15) is 23.0 Å². The van der Waals surface area contributed by atoms with Crippen LogP contribution in [0.4, 0.5) is 30.2 Å². The van der Waals surface area contributed by atoms with Gasteiger partial charge in [-0.05, 0) is 94.3 Å². The maximum Gasteiger partial charge on any atom is 0.238 e. The van der Waals surface area contributed by atoms with Crippen LogP contribution in [-0.4, -0.2) is 32.3 Å². The topological polar surface area (TPSA) is 128 Å². The first-order chi connectivity index (χ1) is 27.3. The molecule has 0 radical (unpaired) electrons. The first-order valence-electron chi connectivity index (χ1n) is 17.6. The van der Waals surface area contributed by atoms with Gasteiger partial charge in [-0.1, -0.05) is 36.4 Å². The van der Waals surface area contributed by atoms with E-state index in [1.807, 2.05) is 54.9 Å². The third-order valence-electron chi connectivity index (χ3n) is 7.19. The van der Waals surface area contributed by atoms with Crippen LogP contribution in [0.1, 0.15) is 36.0 Å². The van der Waals surface area contributed by atoms with Gasteiger partial charge in [0, 0.05) is 31.3 Å². The van der Waals surface area contributed by atoms with Crippen LogP contribution in [0.15, 0.2) is 108 Å². The molecule has 2 heterocycles. The number of nitrogen functional groups attached to an aromatic ring is 1. The fourth-order valence-electron chi connectivity index (χ4n) is 4.76. The van der Waals surface area contributed by atoms with E-state index in [1.54, 1.807) is 61.9 Å². The van der Waals surface area contributed by atoms with E-state index >= 15 is 0 Å². The van der Waals surface area contributed by atoms with E-state index < -0.39 is 18.6 Å². The van der Waals surface area contributed by atoms with Crippen LogP contribution in [0.3, 0.4) is 0 Å². The standard InChI is InChI=1S/C18H15FN4O.C18H14FN3O.C4H9NO2.CH3F/c1-3-23-16(12-5-4-6-14(9-12)21-2)11-18(22-23)24-17-8-7-13(19)10-15(17)20;1-3-22-17(13-5-4-6-15(11-13)20-2)12-18(21-22)23-16-9-7-14(19)8-10-16;1-4(2,3)7-5-6;1-2/h4-11H,3,20H2,1H3;4-12H,3H2,1H3;1-3H3;1H3/i;;;1D. The Labute approximate surface area is 324 Å². The van der Waals surface area contributed by atoms with Crippen molar-refractivity contribution in [1.29, 1.82) is 0 Å². The number of hydrogen-bond donors (Lipinski definition) is 1. The number of rotatable bonds is 9. The predicted molar refractivity (Wildman–Crippen MR) is 210 cm³/mol. The van der Waals surface area contributed by atoms with Gasteiger partial charge in [-0.2, -0.15) is 0 Å². The molecule has 2 aromatic heterocycles. The van der Waals surface area contributed by atoms with Gasteiger partial charge in [0.15, 0.2) is 22.5 Å². The van der Waals surface area contributed by atoms with Crippen molar-refractivity contribution in [2.75, 3.05) is 12.9 Å². The molecule has 290 valence electrons. The Morgan fingerprint density at radius 2 is 1.25 bits per heavy atom. The van der Waals surface area contributed by atoms with Gasteiger partial charge in [0.2, 0.25) is 11.8 Å². The molecule has 0 saturated carbocycles. The van der Waals surface area contributed by atoms with Crippen molar-refractivity contribution in [3.8, 4) is 45.8 Å². The lowest BCUT2D eigenvalue weighted by atomic mass is 10.1. The second-order valence-corrected chi connectivity index (χ2v) is 12.3. The summed E-state index contributed by atoms with van der Waals surface area (Å²) in [6, 6.07) is 28.0. The van der Waals surface area contributed by atoms with Crippen LogP contribution in [0.2, 0.25) is 0 Å². The number of halogens is 3. The summed E-state index contributed by atoms with van der Waals surface area (Å²) in [6.45, 7) is 24.8. The van der Waals surface area contributed by atoms with E-state index in [0.29, 0.717) is 47.7 Å². The predicted octanol–water partition coefficient (Wildman–Crippen LogP) is 11.8. The van der Waals surface area contributed by atoms with Gasteiger partial charge in [-0.25, -0.2) is 18.5 Å². The summed E-state index contributed by atoms with van der Waals surface area (Å²) in [5.41, 5.74) is 10.2. The maximum absolute atomic E-state index is 13.1. The first kappa shape index (κ1) is 41.6. The Morgan fingerprint density at radius 3 is 1.66 bits per heavy atom. The summed E-state index contributed by atoms with van der Waals surface area (Å²) in [5.74, 6) is 0.927. The van der Waals surface area contributed by atoms with E-state index in [4.69, 9.17) is 29.7 Å². The molecule has 56 heavy (non-hydrogen) atoms. The fourth-order valence-corrected chi connectivity index (χ4v) is 4.76. The molecule has 0 fully saturated rings. The summed E-state index contributed by atoms with van der Waals surface area (Å²) in [6.07, 6.45) is 0. The van der Waals surface area contributed by atoms with Crippen LogP contribution in [0, 0.1) is 29.7 Å². The maximum atomic E-state index is 13.1. The molecule has 0 unspecified atom stereocenters. The molecule has 4 aromatic carbocycles. The molecule has 0 aliphatic carbocycles. The Hall–Kier alpha value is -7.13. The average molecular weight is 768 g/mol. The monoisotopic (exact) mass is 767 g/mol. The van der Waals surface area contributed by atoms with Gasteiger partial charge in [0.05, 0.1) is 38.7 Å². The second-order valence-electron chi connectivity index (χ2n) is 12.3. The second kappa shape index (κ2) is 20.9. The van der Waals surface area contributed by atoms with E-state index in [-0.39, 0.29) is 11.5 Å². The van der Waals surface area contributed by atoms with E-state index in [2.05, 4.69) is 30.1 Å². The summed E-state index contributed by atoms with van der Waals surface area (Å²) in [4.78, 5) is 20.5. The molecule has 0 spiro atoms. The number of aryl methyl sites for hydroxylation is 2. The number of nitrogens with zero attached hydrogens (tertiary/aromatic N) is 7. The van der Waals surface area contributed by atoms with Crippen molar-refractivity contribution in [3.05, 3.63) is 143 Å². The minimum Gasteiger partial charge on any atom is -0.438 e. The van der Waals surface area contributed by atoms with E-state index in [9.17, 15) is 18.1 Å². The Kier molecular flexibility index (Phi) is 15.6. The lowest BCUT2D eigenvalue weighted by Crippen LogP contribution is -2.14. The number of anilines is 1. The van der Waals surface area contributed by atoms with E-state index in [0.717, 1.165) is 22.5 Å². The third-order valence-corrected chi connectivity index (χ3v) is 7.19. The largest absolute Gasteiger partial charge is 0.438 e. The molecule has 0 saturated heterocycles. The molecule has 6 rings (SSSR count). The molecular weight excluding hydrogens is 725 g/mol.